The molecule has 0 atom stereocenters. The molecule has 0 unspecified atom stereocenters. The summed E-state index contributed by atoms with van der Waals surface area (Å²) in [6, 6.07) is 2.13. The Morgan fingerprint density at radius 1 is 0.933 bits per heavy atom. The molecule has 0 saturated carbocycles. The van der Waals surface area contributed by atoms with E-state index in [-0.39, 0.29) is 0 Å². The van der Waals surface area contributed by atoms with E-state index in [0.29, 0.717) is 5.88 Å². The molecule has 0 amide bonds. The van der Waals surface area contributed by atoms with Crippen molar-refractivity contribution in [2.45, 2.75) is 51.1 Å². The summed E-state index contributed by atoms with van der Waals surface area (Å²) in [6.45, 7) is 2.23. The first-order valence-corrected chi connectivity index (χ1v) is 8.67. The molecule has 0 aromatic heterocycles. The van der Waals surface area contributed by atoms with Gasteiger partial charge in [0.05, 0.1) is 0 Å². The fourth-order valence-electron chi connectivity index (χ4n) is 1.77. The van der Waals surface area contributed by atoms with Crippen molar-refractivity contribution < 1.29 is 8.85 Å². The fraction of sp³-hybridized carbons (Fsp3) is 1.00. The lowest BCUT2D eigenvalue weighted by Crippen LogP contribution is -2.39. The van der Waals surface area contributed by atoms with Crippen molar-refractivity contribution in [1.82, 2.24) is 0 Å². The van der Waals surface area contributed by atoms with Crippen LogP contribution in [0.4, 0.5) is 0 Å². The van der Waals surface area contributed by atoms with Crippen LogP contribution >= 0.6 is 11.6 Å². The summed E-state index contributed by atoms with van der Waals surface area (Å²) in [4.78, 5) is 0. The highest BCUT2D eigenvalue weighted by Crippen LogP contribution is 2.23. The van der Waals surface area contributed by atoms with Gasteiger partial charge in [-0.2, -0.15) is 0 Å². The van der Waals surface area contributed by atoms with Crippen molar-refractivity contribution in [2.75, 3.05) is 20.1 Å². The molecule has 0 spiro atoms. The second-order valence-corrected chi connectivity index (χ2v) is 7.94. The first-order valence-electron chi connectivity index (χ1n) is 5.91. The topological polar surface area (TPSA) is 18.5 Å². The Morgan fingerprint density at radius 3 is 2.00 bits per heavy atom. The van der Waals surface area contributed by atoms with E-state index in [1.54, 1.807) is 14.2 Å². The maximum atomic E-state index is 5.72. The summed E-state index contributed by atoms with van der Waals surface area (Å²) in [5.41, 5.74) is 0. The van der Waals surface area contributed by atoms with Crippen molar-refractivity contribution >= 4 is 20.2 Å². The highest BCUT2D eigenvalue weighted by Gasteiger charge is 2.33. The molecular formula is C11H25ClO2Si. The van der Waals surface area contributed by atoms with Crippen molar-refractivity contribution in [3.8, 4) is 0 Å². The van der Waals surface area contributed by atoms with E-state index in [4.69, 9.17) is 20.5 Å². The largest absolute Gasteiger partial charge is 0.398 e. The van der Waals surface area contributed by atoms with Crippen LogP contribution in [0.15, 0.2) is 0 Å². The maximum absolute atomic E-state index is 5.72. The monoisotopic (exact) mass is 252 g/mol. The van der Waals surface area contributed by atoms with Gasteiger partial charge in [-0.1, -0.05) is 32.6 Å². The van der Waals surface area contributed by atoms with Gasteiger partial charge < -0.3 is 8.85 Å². The standard InChI is InChI=1S/C11H25ClO2Si/c1-4-5-6-7-10-15(13-2,14-3)11-8-9-12/h4-11H2,1-3H3. The van der Waals surface area contributed by atoms with Crippen LogP contribution in [0.5, 0.6) is 0 Å². The molecule has 0 aliphatic carbocycles. The average Bonchev–Trinajstić information content (AvgIpc) is 2.29. The molecule has 0 fully saturated rings. The SMILES string of the molecule is CCCCCC[Si](CCCCl)(OC)OC. The third-order valence-corrected chi connectivity index (χ3v) is 6.83. The van der Waals surface area contributed by atoms with Gasteiger partial charge in [0.25, 0.3) is 0 Å². The molecule has 0 aromatic carbocycles. The van der Waals surface area contributed by atoms with Gasteiger partial charge >= 0.3 is 8.56 Å². The lowest BCUT2D eigenvalue weighted by Gasteiger charge is -2.27. The first kappa shape index (κ1) is 15.4. The van der Waals surface area contributed by atoms with Gasteiger partial charge in [-0.15, -0.1) is 11.6 Å². The molecule has 0 N–H and O–H groups in total. The van der Waals surface area contributed by atoms with Crippen LogP contribution in [-0.2, 0) is 8.85 Å². The van der Waals surface area contributed by atoms with Crippen molar-refractivity contribution in [3.05, 3.63) is 0 Å². The number of hydrogen-bond donors (Lipinski definition) is 0. The van der Waals surface area contributed by atoms with E-state index in [9.17, 15) is 0 Å². The minimum absolute atomic E-state index is 0.705. The quantitative estimate of drug-likeness (QED) is 0.333. The van der Waals surface area contributed by atoms with Gasteiger partial charge in [0.1, 0.15) is 0 Å². The number of hydrogen-bond acceptors (Lipinski definition) is 2. The van der Waals surface area contributed by atoms with E-state index >= 15 is 0 Å². The van der Waals surface area contributed by atoms with E-state index < -0.39 is 8.56 Å². The fourth-order valence-corrected chi connectivity index (χ4v) is 4.87. The summed E-state index contributed by atoms with van der Waals surface area (Å²) in [5.74, 6) is 0.705. The smallest absolute Gasteiger partial charge is 0.337 e. The molecule has 0 bridgehead atoms. The average molecular weight is 253 g/mol. The Morgan fingerprint density at radius 2 is 1.53 bits per heavy atom. The van der Waals surface area contributed by atoms with E-state index in [2.05, 4.69) is 6.92 Å². The minimum Gasteiger partial charge on any atom is -0.398 e. The van der Waals surface area contributed by atoms with Gasteiger partial charge in [-0.3, -0.25) is 0 Å². The summed E-state index contributed by atoms with van der Waals surface area (Å²) >= 11 is 5.72. The van der Waals surface area contributed by atoms with Gasteiger partial charge in [0, 0.05) is 20.1 Å². The molecule has 15 heavy (non-hydrogen) atoms. The maximum Gasteiger partial charge on any atom is 0.337 e. The summed E-state index contributed by atoms with van der Waals surface area (Å²) in [7, 11) is 1.66. The van der Waals surface area contributed by atoms with Gasteiger partial charge in [-0.25, -0.2) is 0 Å². The van der Waals surface area contributed by atoms with Crippen molar-refractivity contribution in [3.63, 3.8) is 0 Å². The van der Waals surface area contributed by atoms with Crippen LogP contribution in [-0.4, -0.2) is 28.7 Å². The first-order chi connectivity index (χ1) is 7.24. The zero-order chi connectivity index (χ0) is 11.6. The van der Waals surface area contributed by atoms with Crippen LogP contribution in [0, 0.1) is 0 Å². The molecule has 0 heterocycles. The van der Waals surface area contributed by atoms with Crippen LogP contribution < -0.4 is 0 Å². The zero-order valence-corrected chi connectivity index (χ0v) is 12.1. The number of rotatable bonds is 10. The predicted molar refractivity (Wildman–Crippen MR) is 68.9 cm³/mol. The van der Waals surface area contributed by atoms with Gasteiger partial charge in [0.15, 0.2) is 0 Å². The summed E-state index contributed by atoms with van der Waals surface area (Å²) < 4.78 is 11.3. The van der Waals surface area contributed by atoms with Gasteiger partial charge in [0.2, 0.25) is 0 Å². The lowest BCUT2D eigenvalue weighted by atomic mass is 10.2. The normalized spacial score (nSPS) is 12.0. The third kappa shape index (κ3) is 6.56. The van der Waals surface area contributed by atoms with Crippen LogP contribution in [0.1, 0.15) is 39.0 Å². The minimum atomic E-state index is -1.90. The van der Waals surface area contributed by atoms with Gasteiger partial charge in [-0.05, 0) is 18.5 Å². The molecule has 0 radical (unpaired) electrons. The zero-order valence-electron chi connectivity index (χ0n) is 10.4. The van der Waals surface area contributed by atoms with Crippen molar-refractivity contribution in [2.24, 2.45) is 0 Å². The summed E-state index contributed by atoms with van der Waals surface area (Å²) in [6.07, 6.45) is 6.11. The van der Waals surface area contributed by atoms with E-state index in [1.165, 1.54) is 25.7 Å². The molecule has 2 nitrogen and oxygen atoms in total. The highest BCUT2D eigenvalue weighted by molar-refractivity contribution is 6.67. The Balaban J connectivity index is 3.88. The molecule has 0 aliphatic rings. The molecular weight excluding hydrogens is 228 g/mol. The molecule has 0 aliphatic heterocycles. The lowest BCUT2D eigenvalue weighted by molar-refractivity contribution is 0.239. The second kappa shape index (κ2) is 9.64. The molecule has 0 aromatic rings. The van der Waals surface area contributed by atoms with Crippen LogP contribution in [0.2, 0.25) is 12.1 Å². The van der Waals surface area contributed by atoms with E-state index in [0.717, 1.165) is 18.5 Å². The Labute approximate surface area is 101 Å². The predicted octanol–water partition coefficient (Wildman–Crippen LogP) is 3.93. The Bertz CT molecular complexity index is 141. The third-order valence-electron chi connectivity index (χ3n) is 2.85. The Hall–Kier alpha value is 0.427. The highest BCUT2D eigenvalue weighted by atomic mass is 35.5. The number of alkyl halides is 1. The number of halogens is 1. The van der Waals surface area contributed by atoms with Crippen LogP contribution in [0.25, 0.3) is 0 Å². The molecule has 4 heteroatoms. The number of unbranched alkanes of at least 4 members (excludes halogenated alkanes) is 3. The van der Waals surface area contributed by atoms with Crippen LogP contribution in [0.3, 0.4) is 0 Å². The molecule has 0 rings (SSSR count). The van der Waals surface area contributed by atoms with Crippen molar-refractivity contribution in [1.29, 1.82) is 0 Å². The Kier molecular flexibility index (Phi) is 9.91. The molecule has 92 valence electrons. The molecule has 0 saturated heterocycles. The van der Waals surface area contributed by atoms with E-state index in [1.807, 2.05) is 0 Å². The second-order valence-electron chi connectivity index (χ2n) is 3.92. The summed E-state index contributed by atoms with van der Waals surface area (Å²) in [5, 5.41) is 0.